The number of rotatable bonds is 1. The lowest BCUT2D eigenvalue weighted by Gasteiger charge is -2.32. The van der Waals surface area contributed by atoms with Crippen molar-refractivity contribution in [2.45, 2.75) is 38.1 Å². The fourth-order valence-electron chi connectivity index (χ4n) is 2.49. The van der Waals surface area contributed by atoms with Crippen LogP contribution in [0.2, 0.25) is 0 Å². The molecule has 1 unspecified atom stereocenters. The van der Waals surface area contributed by atoms with E-state index >= 15 is 0 Å². The van der Waals surface area contributed by atoms with Crippen molar-refractivity contribution in [2.24, 2.45) is 0 Å². The Morgan fingerprint density at radius 1 is 1.13 bits per heavy atom. The number of hydrogen-bond donors (Lipinski definition) is 0. The summed E-state index contributed by atoms with van der Waals surface area (Å²) >= 11 is 0. The standard InChI is InChI=1S/C11H19NO2S/c13-11-5-3-1-2-4-10(11)12-6-8-15(14)9-7-12/h10H,1-9H2. The molecule has 1 heterocycles. The minimum atomic E-state index is -0.634. The summed E-state index contributed by atoms with van der Waals surface area (Å²) in [5.74, 6) is 1.92. The molecule has 0 aromatic carbocycles. The molecule has 2 rings (SSSR count). The van der Waals surface area contributed by atoms with Crippen LogP contribution in [0, 0.1) is 0 Å². The Balaban J connectivity index is 1.95. The van der Waals surface area contributed by atoms with Crippen molar-refractivity contribution in [1.82, 2.24) is 4.90 Å². The van der Waals surface area contributed by atoms with Crippen molar-refractivity contribution in [3.63, 3.8) is 0 Å². The predicted molar refractivity (Wildman–Crippen MR) is 61.3 cm³/mol. The zero-order chi connectivity index (χ0) is 10.7. The van der Waals surface area contributed by atoms with Gasteiger partial charge in [0.25, 0.3) is 0 Å². The molecule has 4 heteroatoms. The topological polar surface area (TPSA) is 37.4 Å². The fraction of sp³-hybridized carbons (Fsp3) is 0.909. The van der Waals surface area contributed by atoms with E-state index in [1.54, 1.807) is 0 Å². The molecule has 1 atom stereocenters. The Kier molecular flexibility index (Phi) is 3.92. The van der Waals surface area contributed by atoms with E-state index in [1.807, 2.05) is 0 Å². The molecule has 0 spiro atoms. The lowest BCUT2D eigenvalue weighted by Crippen LogP contribution is -2.47. The number of hydrogen-bond acceptors (Lipinski definition) is 3. The SMILES string of the molecule is O=C1CCCCCC1N1CCS(=O)CC1. The van der Waals surface area contributed by atoms with E-state index in [9.17, 15) is 9.00 Å². The highest BCUT2D eigenvalue weighted by Gasteiger charge is 2.29. The summed E-state index contributed by atoms with van der Waals surface area (Å²) < 4.78 is 11.2. The molecule has 2 aliphatic rings. The van der Waals surface area contributed by atoms with E-state index in [4.69, 9.17) is 0 Å². The molecule has 0 aromatic rings. The largest absolute Gasteiger partial charge is 0.298 e. The first-order chi connectivity index (χ1) is 7.27. The van der Waals surface area contributed by atoms with Gasteiger partial charge in [-0.05, 0) is 12.8 Å². The second-order valence-electron chi connectivity index (χ2n) is 4.47. The fourth-order valence-corrected chi connectivity index (χ4v) is 3.57. The summed E-state index contributed by atoms with van der Waals surface area (Å²) in [6.07, 6.45) is 5.21. The summed E-state index contributed by atoms with van der Waals surface area (Å²) in [4.78, 5) is 14.1. The van der Waals surface area contributed by atoms with E-state index in [-0.39, 0.29) is 6.04 Å². The van der Waals surface area contributed by atoms with Crippen LogP contribution in [-0.4, -0.2) is 45.5 Å². The van der Waals surface area contributed by atoms with Gasteiger partial charge in [0.1, 0.15) is 5.78 Å². The van der Waals surface area contributed by atoms with Crippen LogP contribution in [0.1, 0.15) is 32.1 Å². The van der Waals surface area contributed by atoms with Crippen LogP contribution in [-0.2, 0) is 15.6 Å². The highest BCUT2D eigenvalue weighted by Crippen LogP contribution is 2.20. The molecule has 0 N–H and O–H groups in total. The van der Waals surface area contributed by atoms with Crippen LogP contribution in [0.25, 0.3) is 0 Å². The summed E-state index contributed by atoms with van der Waals surface area (Å²) in [5, 5.41) is 0. The minimum absolute atomic E-state index is 0.143. The first kappa shape index (κ1) is 11.3. The second-order valence-corrected chi connectivity index (χ2v) is 6.16. The average molecular weight is 229 g/mol. The van der Waals surface area contributed by atoms with E-state index < -0.39 is 10.8 Å². The number of carbonyl (C=O) groups is 1. The lowest BCUT2D eigenvalue weighted by atomic mass is 10.1. The van der Waals surface area contributed by atoms with Crippen LogP contribution in [0.4, 0.5) is 0 Å². The van der Waals surface area contributed by atoms with Gasteiger partial charge < -0.3 is 0 Å². The zero-order valence-corrected chi connectivity index (χ0v) is 9.93. The van der Waals surface area contributed by atoms with Crippen molar-refractivity contribution in [1.29, 1.82) is 0 Å². The van der Waals surface area contributed by atoms with Crippen molar-refractivity contribution >= 4 is 16.6 Å². The third-order valence-electron chi connectivity index (χ3n) is 3.43. The monoisotopic (exact) mass is 229 g/mol. The van der Waals surface area contributed by atoms with Crippen LogP contribution in [0.15, 0.2) is 0 Å². The van der Waals surface area contributed by atoms with Gasteiger partial charge in [0.2, 0.25) is 0 Å². The van der Waals surface area contributed by atoms with Gasteiger partial charge in [0, 0.05) is 41.8 Å². The van der Waals surface area contributed by atoms with Gasteiger partial charge in [-0.1, -0.05) is 12.8 Å². The lowest BCUT2D eigenvalue weighted by molar-refractivity contribution is -0.124. The van der Waals surface area contributed by atoms with Gasteiger partial charge in [0.15, 0.2) is 0 Å². The van der Waals surface area contributed by atoms with Gasteiger partial charge in [-0.2, -0.15) is 0 Å². The maximum atomic E-state index is 11.9. The van der Waals surface area contributed by atoms with Gasteiger partial charge in [-0.3, -0.25) is 13.9 Å². The molecular formula is C11H19NO2S. The van der Waals surface area contributed by atoms with Crippen LogP contribution < -0.4 is 0 Å². The number of ketones is 1. The van der Waals surface area contributed by atoms with Crippen LogP contribution in [0.5, 0.6) is 0 Å². The average Bonchev–Trinajstić information content (AvgIpc) is 2.44. The predicted octanol–water partition coefficient (Wildman–Crippen LogP) is 0.953. The third-order valence-corrected chi connectivity index (χ3v) is 4.70. The van der Waals surface area contributed by atoms with Gasteiger partial charge >= 0.3 is 0 Å². The quantitative estimate of drug-likeness (QED) is 0.628. The smallest absolute Gasteiger partial charge is 0.149 e. The second kappa shape index (κ2) is 5.21. The summed E-state index contributed by atoms with van der Waals surface area (Å²) in [6.45, 7) is 1.70. The van der Waals surface area contributed by atoms with Gasteiger partial charge in [-0.25, -0.2) is 0 Å². The van der Waals surface area contributed by atoms with Crippen molar-refractivity contribution in [3.8, 4) is 0 Å². The molecule has 15 heavy (non-hydrogen) atoms. The molecule has 0 amide bonds. The summed E-state index contributed by atoms with van der Waals surface area (Å²) in [5.41, 5.74) is 0. The zero-order valence-electron chi connectivity index (χ0n) is 9.11. The normalized spacial score (nSPS) is 31.5. The summed E-state index contributed by atoms with van der Waals surface area (Å²) in [6, 6.07) is 0.143. The number of Topliss-reactive ketones (excluding diaryl/α,β-unsaturated/α-hetero) is 1. The highest BCUT2D eigenvalue weighted by molar-refractivity contribution is 7.85. The molecule has 1 saturated carbocycles. The van der Waals surface area contributed by atoms with E-state index in [0.717, 1.165) is 43.9 Å². The number of carbonyl (C=O) groups excluding carboxylic acids is 1. The summed E-state index contributed by atoms with van der Waals surface area (Å²) in [7, 11) is -0.634. The Hall–Kier alpha value is -0.220. The molecule has 0 radical (unpaired) electrons. The third kappa shape index (κ3) is 2.88. The van der Waals surface area contributed by atoms with Gasteiger partial charge in [0.05, 0.1) is 6.04 Å². The Morgan fingerprint density at radius 3 is 2.60 bits per heavy atom. The molecule has 0 aromatic heterocycles. The van der Waals surface area contributed by atoms with Crippen molar-refractivity contribution in [3.05, 3.63) is 0 Å². The van der Waals surface area contributed by atoms with Crippen molar-refractivity contribution < 1.29 is 9.00 Å². The maximum Gasteiger partial charge on any atom is 0.149 e. The molecule has 1 saturated heterocycles. The Labute approximate surface area is 93.7 Å². The molecule has 1 aliphatic heterocycles. The van der Waals surface area contributed by atoms with Crippen molar-refractivity contribution in [2.75, 3.05) is 24.6 Å². The first-order valence-corrected chi connectivity index (χ1v) is 7.38. The number of nitrogens with zero attached hydrogens (tertiary/aromatic N) is 1. The Morgan fingerprint density at radius 2 is 1.87 bits per heavy atom. The molecule has 1 aliphatic carbocycles. The Bertz CT molecular complexity index is 257. The van der Waals surface area contributed by atoms with Crippen LogP contribution in [0.3, 0.4) is 0 Å². The highest BCUT2D eigenvalue weighted by atomic mass is 32.2. The van der Waals surface area contributed by atoms with E-state index in [2.05, 4.69) is 4.90 Å². The first-order valence-electron chi connectivity index (χ1n) is 5.89. The molecule has 2 fully saturated rings. The molecule has 86 valence electrons. The van der Waals surface area contributed by atoms with E-state index in [1.165, 1.54) is 12.8 Å². The van der Waals surface area contributed by atoms with E-state index in [0.29, 0.717) is 5.78 Å². The molecule has 3 nitrogen and oxygen atoms in total. The minimum Gasteiger partial charge on any atom is -0.298 e. The maximum absolute atomic E-state index is 11.9. The van der Waals surface area contributed by atoms with Gasteiger partial charge in [-0.15, -0.1) is 0 Å². The molecular weight excluding hydrogens is 210 g/mol. The van der Waals surface area contributed by atoms with Crippen LogP contribution >= 0.6 is 0 Å². The molecule has 0 bridgehead atoms.